The van der Waals surface area contributed by atoms with E-state index >= 15 is 0 Å². The van der Waals surface area contributed by atoms with Crippen LogP contribution in [0.25, 0.3) is 0 Å². The molecule has 2 atom stereocenters. The van der Waals surface area contributed by atoms with Crippen LogP contribution in [0, 0.1) is 0 Å². The summed E-state index contributed by atoms with van der Waals surface area (Å²) in [6.07, 6.45) is 2.19. The van der Waals surface area contributed by atoms with Crippen molar-refractivity contribution >= 4 is 5.82 Å². The highest BCUT2D eigenvalue weighted by Gasteiger charge is 2.26. The molecular formula is C15H17N3O2. The number of rotatable bonds is 3. The van der Waals surface area contributed by atoms with Gasteiger partial charge in [-0.3, -0.25) is 0 Å². The lowest BCUT2D eigenvalue weighted by atomic mass is 10.0. The van der Waals surface area contributed by atoms with Crippen LogP contribution in [0.3, 0.4) is 0 Å². The van der Waals surface area contributed by atoms with Gasteiger partial charge in [-0.25, -0.2) is 4.98 Å². The van der Waals surface area contributed by atoms with Gasteiger partial charge < -0.3 is 20.9 Å². The van der Waals surface area contributed by atoms with Crippen LogP contribution in [-0.2, 0) is 6.42 Å². The average Bonchev–Trinajstić information content (AvgIpc) is 2.47. The maximum Gasteiger partial charge on any atom is 0.161 e. The Morgan fingerprint density at radius 1 is 1.25 bits per heavy atom. The molecule has 4 N–H and O–H groups in total. The first-order chi connectivity index (χ1) is 9.72. The Labute approximate surface area is 117 Å². The molecule has 0 bridgehead atoms. The highest BCUT2D eigenvalue weighted by atomic mass is 16.6. The number of pyridine rings is 1. The molecule has 1 aliphatic rings. The molecule has 20 heavy (non-hydrogen) atoms. The van der Waals surface area contributed by atoms with Crippen LogP contribution in [0.5, 0.6) is 11.5 Å². The minimum atomic E-state index is -0.167. The van der Waals surface area contributed by atoms with E-state index in [2.05, 4.69) is 4.98 Å². The number of anilines is 1. The summed E-state index contributed by atoms with van der Waals surface area (Å²) in [4.78, 5) is 3.97. The van der Waals surface area contributed by atoms with E-state index in [-0.39, 0.29) is 12.1 Å². The smallest absolute Gasteiger partial charge is 0.161 e. The number of nitrogen functional groups attached to an aromatic ring is 1. The molecule has 0 radical (unpaired) electrons. The third-order valence-electron chi connectivity index (χ3n) is 3.33. The molecule has 0 aliphatic carbocycles. The lowest BCUT2D eigenvalue weighted by Crippen LogP contribution is -2.46. The zero-order chi connectivity index (χ0) is 13.9. The Hall–Kier alpha value is -2.27. The number of hydrogen-bond acceptors (Lipinski definition) is 5. The predicted octanol–water partition coefficient (Wildman–Crippen LogP) is 1.37. The molecule has 2 unspecified atom stereocenters. The molecule has 1 aliphatic heterocycles. The molecule has 3 rings (SSSR count). The normalized spacial score (nSPS) is 18.6. The van der Waals surface area contributed by atoms with E-state index in [1.165, 1.54) is 0 Å². The second-order valence-electron chi connectivity index (χ2n) is 4.87. The van der Waals surface area contributed by atoms with Gasteiger partial charge in [0.1, 0.15) is 18.5 Å². The topological polar surface area (TPSA) is 83.4 Å². The van der Waals surface area contributed by atoms with Crippen LogP contribution >= 0.6 is 0 Å². The lowest BCUT2D eigenvalue weighted by molar-refractivity contribution is 0.0723. The monoisotopic (exact) mass is 271 g/mol. The van der Waals surface area contributed by atoms with Crippen LogP contribution in [0.4, 0.5) is 5.82 Å². The molecule has 0 saturated carbocycles. The summed E-state index contributed by atoms with van der Waals surface area (Å²) in [6, 6.07) is 11.2. The van der Waals surface area contributed by atoms with Crippen LogP contribution in [-0.4, -0.2) is 23.7 Å². The van der Waals surface area contributed by atoms with Crippen molar-refractivity contribution in [3.8, 4) is 11.5 Å². The fourth-order valence-corrected chi connectivity index (χ4v) is 2.27. The maximum absolute atomic E-state index is 6.22. The molecule has 5 heteroatoms. The summed E-state index contributed by atoms with van der Waals surface area (Å²) in [5.41, 5.74) is 12.9. The average molecular weight is 271 g/mol. The minimum absolute atomic E-state index is 0.162. The second-order valence-corrected chi connectivity index (χ2v) is 4.87. The molecular weight excluding hydrogens is 254 g/mol. The van der Waals surface area contributed by atoms with Crippen LogP contribution in [0.1, 0.15) is 5.56 Å². The standard InChI is InChI=1S/C15H17N3O2/c16-11(7-10-5-6-18-15(17)8-10)14-9-19-12-3-1-2-4-13(12)20-14/h1-6,8,11,14H,7,9,16H2,(H2,17,18). The molecule has 2 heterocycles. The van der Waals surface area contributed by atoms with E-state index < -0.39 is 0 Å². The number of benzene rings is 1. The van der Waals surface area contributed by atoms with Gasteiger partial charge in [-0.05, 0) is 36.2 Å². The van der Waals surface area contributed by atoms with Crippen molar-refractivity contribution in [2.24, 2.45) is 5.73 Å². The highest BCUT2D eigenvalue weighted by molar-refractivity contribution is 5.41. The van der Waals surface area contributed by atoms with Crippen LogP contribution in [0.15, 0.2) is 42.6 Å². The Morgan fingerprint density at radius 2 is 2.05 bits per heavy atom. The first-order valence-electron chi connectivity index (χ1n) is 6.57. The minimum Gasteiger partial charge on any atom is -0.486 e. The number of para-hydroxylation sites is 2. The van der Waals surface area contributed by atoms with E-state index in [0.29, 0.717) is 18.8 Å². The van der Waals surface area contributed by atoms with Gasteiger partial charge >= 0.3 is 0 Å². The Bertz CT molecular complexity index is 603. The van der Waals surface area contributed by atoms with Crippen molar-refractivity contribution < 1.29 is 9.47 Å². The van der Waals surface area contributed by atoms with E-state index in [1.54, 1.807) is 6.20 Å². The van der Waals surface area contributed by atoms with E-state index in [1.807, 2.05) is 36.4 Å². The summed E-state index contributed by atoms with van der Waals surface area (Å²) in [5.74, 6) is 2.01. The SMILES string of the molecule is Nc1cc(CC(N)C2COc3ccccc3O2)ccn1. The fourth-order valence-electron chi connectivity index (χ4n) is 2.27. The van der Waals surface area contributed by atoms with E-state index in [9.17, 15) is 0 Å². The molecule has 0 amide bonds. The van der Waals surface area contributed by atoms with Crippen molar-refractivity contribution in [1.82, 2.24) is 4.98 Å². The Balaban J connectivity index is 1.68. The molecule has 1 aromatic heterocycles. The summed E-state index contributed by atoms with van der Waals surface area (Å²) in [6.45, 7) is 0.457. The summed E-state index contributed by atoms with van der Waals surface area (Å²) >= 11 is 0. The zero-order valence-corrected chi connectivity index (χ0v) is 11.0. The third-order valence-corrected chi connectivity index (χ3v) is 3.33. The molecule has 0 spiro atoms. The van der Waals surface area contributed by atoms with Gasteiger partial charge in [0.2, 0.25) is 0 Å². The first-order valence-corrected chi connectivity index (χ1v) is 6.57. The number of nitrogens with zero attached hydrogens (tertiary/aromatic N) is 1. The van der Waals surface area contributed by atoms with Gasteiger partial charge in [0.05, 0.1) is 0 Å². The Morgan fingerprint density at radius 3 is 2.85 bits per heavy atom. The molecule has 1 aromatic carbocycles. The van der Waals surface area contributed by atoms with Gasteiger partial charge in [0.25, 0.3) is 0 Å². The summed E-state index contributed by atoms with van der Waals surface area (Å²) in [5, 5.41) is 0. The van der Waals surface area contributed by atoms with Crippen molar-refractivity contribution in [3.05, 3.63) is 48.2 Å². The lowest BCUT2D eigenvalue weighted by Gasteiger charge is -2.30. The molecule has 5 nitrogen and oxygen atoms in total. The number of ether oxygens (including phenoxy) is 2. The van der Waals surface area contributed by atoms with Crippen molar-refractivity contribution in [1.29, 1.82) is 0 Å². The van der Waals surface area contributed by atoms with E-state index in [0.717, 1.165) is 17.1 Å². The predicted molar refractivity (Wildman–Crippen MR) is 76.7 cm³/mol. The molecule has 104 valence electrons. The van der Waals surface area contributed by atoms with Crippen molar-refractivity contribution in [3.63, 3.8) is 0 Å². The van der Waals surface area contributed by atoms with Gasteiger partial charge in [-0.2, -0.15) is 0 Å². The highest BCUT2D eigenvalue weighted by Crippen LogP contribution is 2.31. The van der Waals surface area contributed by atoms with E-state index in [4.69, 9.17) is 20.9 Å². The number of aromatic nitrogens is 1. The number of fused-ring (bicyclic) bond motifs is 1. The van der Waals surface area contributed by atoms with Gasteiger partial charge in [0.15, 0.2) is 11.5 Å². The molecule has 2 aromatic rings. The largest absolute Gasteiger partial charge is 0.486 e. The number of hydrogen-bond donors (Lipinski definition) is 2. The van der Waals surface area contributed by atoms with Crippen LogP contribution < -0.4 is 20.9 Å². The zero-order valence-electron chi connectivity index (χ0n) is 11.0. The van der Waals surface area contributed by atoms with Gasteiger partial charge in [0, 0.05) is 12.2 Å². The third kappa shape index (κ3) is 2.67. The first kappa shape index (κ1) is 12.7. The summed E-state index contributed by atoms with van der Waals surface area (Å²) < 4.78 is 11.6. The summed E-state index contributed by atoms with van der Waals surface area (Å²) in [7, 11) is 0. The molecule has 0 saturated heterocycles. The quantitative estimate of drug-likeness (QED) is 0.881. The van der Waals surface area contributed by atoms with Crippen molar-refractivity contribution in [2.45, 2.75) is 18.6 Å². The molecule has 0 fully saturated rings. The van der Waals surface area contributed by atoms with Gasteiger partial charge in [-0.15, -0.1) is 0 Å². The van der Waals surface area contributed by atoms with Gasteiger partial charge in [-0.1, -0.05) is 12.1 Å². The van der Waals surface area contributed by atoms with Crippen LogP contribution in [0.2, 0.25) is 0 Å². The second kappa shape index (κ2) is 5.38. The maximum atomic E-state index is 6.22. The fraction of sp³-hybridized carbons (Fsp3) is 0.267. The number of nitrogens with two attached hydrogens (primary N) is 2. The Kier molecular flexibility index (Phi) is 3.43. The van der Waals surface area contributed by atoms with Crippen molar-refractivity contribution in [2.75, 3.05) is 12.3 Å².